The summed E-state index contributed by atoms with van der Waals surface area (Å²) in [7, 11) is 0. The maximum atomic E-state index is 11.5. The minimum atomic E-state index is -0.249. The third-order valence-corrected chi connectivity index (χ3v) is 0.955. The summed E-state index contributed by atoms with van der Waals surface area (Å²) in [6.45, 7) is 3.56. The Kier molecular flexibility index (Phi) is 2.98. The summed E-state index contributed by atoms with van der Waals surface area (Å²) in [5.41, 5.74) is 5.37. The summed E-state index contributed by atoms with van der Waals surface area (Å²) < 4.78 is 11.5. The summed E-state index contributed by atoms with van der Waals surface area (Å²) in [5, 5.41) is 0. The van der Waals surface area contributed by atoms with Crippen molar-refractivity contribution in [2.75, 3.05) is 6.67 Å². The van der Waals surface area contributed by atoms with Crippen molar-refractivity contribution in [2.24, 2.45) is 5.73 Å². The monoisotopic (exact) mass is 119 g/mol. The van der Waals surface area contributed by atoms with E-state index in [1.54, 1.807) is 0 Å². The van der Waals surface area contributed by atoms with Crippen LogP contribution in [0.3, 0.4) is 0 Å². The van der Waals surface area contributed by atoms with E-state index in [1.165, 1.54) is 0 Å². The normalized spacial score (nSPS) is 12.0. The predicted octanol–water partition coefficient (Wildman–Crippen LogP) is 1.47. The molecule has 0 fully saturated rings. The molecule has 0 saturated heterocycles. The highest BCUT2D eigenvalue weighted by atomic mass is 19.1. The molecule has 0 rings (SSSR count). The van der Waals surface area contributed by atoms with Crippen molar-refractivity contribution in [2.45, 2.75) is 32.2 Å². The van der Waals surface area contributed by atoms with E-state index in [0.29, 0.717) is 6.42 Å². The molecule has 0 radical (unpaired) electrons. The fourth-order valence-electron chi connectivity index (χ4n) is 0.522. The van der Waals surface area contributed by atoms with E-state index in [2.05, 4.69) is 0 Å². The van der Waals surface area contributed by atoms with Gasteiger partial charge in [0.1, 0.15) is 0 Å². The summed E-state index contributed by atoms with van der Waals surface area (Å²) >= 11 is 0. The van der Waals surface area contributed by atoms with Crippen LogP contribution in [0.1, 0.15) is 26.7 Å². The molecule has 0 aromatic heterocycles. The van der Waals surface area contributed by atoms with E-state index >= 15 is 0 Å². The average Bonchev–Trinajstić information content (AvgIpc) is 1.59. The molecule has 0 aliphatic heterocycles. The van der Waals surface area contributed by atoms with E-state index in [-0.39, 0.29) is 12.2 Å². The maximum absolute atomic E-state index is 11.5. The van der Waals surface area contributed by atoms with Gasteiger partial charge in [-0.1, -0.05) is 0 Å². The molecule has 50 valence electrons. The fraction of sp³-hybridized carbons (Fsp3) is 1.00. The lowest BCUT2D eigenvalue weighted by Crippen LogP contribution is -2.31. The molecule has 1 nitrogen and oxygen atoms in total. The van der Waals surface area contributed by atoms with Crippen molar-refractivity contribution >= 4 is 0 Å². The summed E-state index contributed by atoms with van der Waals surface area (Å²) in [6.07, 6.45) is 1.35. The molecule has 0 aliphatic rings. The van der Waals surface area contributed by atoms with Crippen LogP contribution < -0.4 is 5.73 Å². The van der Waals surface area contributed by atoms with Crippen LogP contribution >= 0.6 is 0 Å². The van der Waals surface area contributed by atoms with Crippen molar-refractivity contribution in [1.29, 1.82) is 0 Å². The van der Waals surface area contributed by atoms with Crippen LogP contribution in [0, 0.1) is 0 Å². The van der Waals surface area contributed by atoms with Crippen molar-refractivity contribution in [3.63, 3.8) is 0 Å². The Morgan fingerprint density at radius 3 is 2.12 bits per heavy atom. The Balaban J connectivity index is 3.11. The second kappa shape index (κ2) is 3.02. The van der Waals surface area contributed by atoms with Gasteiger partial charge >= 0.3 is 0 Å². The molecule has 2 N–H and O–H groups in total. The van der Waals surface area contributed by atoms with Gasteiger partial charge in [0, 0.05) is 5.54 Å². The lowest BCUT2D eigenvalue weighted by molar-refractivity contribution is 0.395. The van der Waals surface area contributed by atoms with Gasteiger partial charge < -0.3 is 5.73 Å². The van der Waals surface area contributed by atoms with Gasteiger partial charge in [-0.3, -0.25) is 4.39 Å². The number of rotatable bonds is 3. The second-order valence-electron chi connectivity index (χ2n) is 2.78. The van der Waals surface area contributed by atoms with Gasteiger partial charge in [0.05, 0.1) is 6.67 Å². The van der Waals surface area contributed by atoms with Crippen molar-refractivity contribution in [1.82, 2.24) is 0 Å². The van der Waals surface area contributed by atoms with E-state index in [1.807, 2.05) is 13.8 Å². The van der Waals surface area contributed by atoms with Crippen LogP contribution in [0.2, 0.25) is 0 Å². The maximum Gasteiger partial charge on any atom is 0.0895 e. The molecule has 0 atom stereocenters. The van der Waals surface area contributed by atoms with Crippen molar-refractivity contribution in [3.05, 3.63) is 0 Å². The first-order valence-electron chi connectivity index (χ1n) is 2.91. The van der Waals surface area contributed by atoms with Crippen LogP contribution in [0.25, 0.3) is 0 Å². The van der Waals surface area contributed by atoms with Crippen LogP contribution in [0.15, 0.2) is 0 Å². The molecule has 0 saturated carbocycles. The molecule has 0 bridgehead atoms. The highest BCUT2D eigenvalue weighted by molar-refractivity contribution is 4.70. The Hall–Kier alpha value is -0.110. The molecule has 0 aromatic rings. The van der Waals surface area contributed by atoms with Crippen molar-refractivity contribution < 1.29 is 4.39 Å². The van der Waals surface area contributed by atoms with Crippen LogP contribution in [-0.2, 0) is 0 Å². The molecule has 2 heteroatoms. The molecule has 0 aliphatic carbocycles. The quantitative estimate of drug-likeness (QED) is 0.598. The number of halogens is 1. The van der Waals surface area contributed by atoms with Gasteiger partial charge in [0.2, 0.25) is 0 Å². The molecular weight excluding hydrogens is 105 g/mol. The zero-order valence-electron chi connectivity index (χ0n) is 5.58. The fourth-order valence-corrected chi connectivity index (χ4v) is 0.522. The summed E-state index contributed by atoms with van der Waals surface area (Å²) in [6, 6.07) is 0. The minimum absolute atomic E-state index is 0.188. The zero-order valence-corrected chi connectivity index (χ0v) is 5.58. The van der Waals surface area contributed by atoms with Crippen LogP contribution in [-0.4, -0.2) is 12.2 Å². The first kappa shape index (κ1) is 7.89. The molecule has 0 aromatic carbocycles. The SMILES string of the molecule is CC(C)(N)CCCF. The lowest BCUT2D eigenvalue weighted by atomic mass is 10.0. The summed E-state index contributed by atoms with van der Waals surface area (Å²) in [5.74, 6) is 0. The van der Waals surface area contributed by atoms with Gasteiger partial charge in [0.25, 0.3) is 0 Å². The molecular formula is C6H14FN. The number of hydrogen-bond donors (Lipinski definition) is 1. The highest BCUT2D eigenvalue weighted by Crippen LogP contribution is 2.05. The Morgan fingerprint density at radius 1 is 1.50 bits per heavy atom. The third kappa shape index (κ3) is 5.89. The summed E-state index contributed by atoms with van der Waals surface area (Å²) in [4.78, 5) is 0. The molecule has 0 amide bonds. The Labute approximate surface area is 50.1 Å². The smallest absolute Gasteiger partial charge is 0.0895 e. The molecule has 8 heavy (non-hydrogen) atoms. The van der Waals surface area contributed by atoms with E-state index < -0.39 is 0 Å². The van der Waals surface area contributed by atoms with Crippen LogP contribution in [0.5, 0.6) is 0 Å². The second-order valence-corrected chi connectivity index (χ2v) is 2.78. The van der Waals surface area contributed by atoms with Crippen LogP contribution in [0.4, 0.5) is 4.39 Å². The topological polar surface area (TPSA) is 26.0 Å². The molecule has 0 unspecified atom stereocenters. The lowest BCUT2D eigenvalue weighted by Gasteiger charge is -2.16. The van der Waals surface area contributed by atoms with Gasteiger partial charge in [-0.15, -0.1) is 0 Å². The first-order valence-corrected chi connectivity index (χ1v) is 2.91. The van der Waals surface area contributed by atoms with Gasteiger partial charge in [0.15, 0.2) is 0 Å². The van der Waals surface area contributed by atoms with Crippen molar-refractivity contribution in [3.8, 4) is 0 Å². The third-order valence-electron chi connectivity index (χ3n) is 0.955. The average molecular weight is 119 g/mol. The standard InChI is InChI=1S/C6H14FN/c1-6(2,8)4-3-5-7/h3-5,8H2,1-2H3. The van der Waals surface area contributed by atoms with Gasteiger partial charge in [-0.2, -0.15) is 0 Å². The van der Waals surface area contributed by atoms with E-state index in [4.69, 9.17) is 5.73 Å². The minimum Gasteiger partial charge on any atom is -0.326 e. The Morgan fingerprint density at radius 2 is 2.00 bits per heavy atom. The van der Waals surface area contributed by atoms with E-state index in [0.717, 1.165) is 6.42 Å². The number of alkyl halides is 1. The number of nitrogens with two attached hydrogens (primary N) is 1. The molecule has 0 spiro atoms. The largest absolute Gasteiger partial charge is 0.326 e. The number of hydrogen-bond acceptors (Lipinski definition) is 1. The highest BCUT2D eigenvalue weighted by Gasteiger charge is 2.08. The molecule has 0 heterocycles. The zero-order chi connectivity index (χ0) is 6.62. The van der Waals surface area contributed by atoms with E-state index in [9.17, 15) is 4.39 Å². The van der Waals surface area contributed by atoms with Gasteiger partial charge in [-0.25, -0.2) is 0 Å². The Bertz CT molecular complexity index is 56.0. The first-order chi connectivity index (χ1) is 3.56. The van der Waals surface area contributed by atoms with Gasteiger partial charge in [-0.05, 0) is 26.7 Å². The predicted molar refractivity (Wildman–Crippen MR) is 33.5 cm³/mol.